The highest BCUT2D eigenvalue weighted by molar-refractivity contribution is 7.20. The predicted octanol–water partition coefficient (Wildman–Crippen LogP) is 1.69. The number of nitrogens with one attached hydrogen (secondary N) is 2. The Kier molecular flexibility index (Phi) is 6.32. The molecule has 3 atom stereocenters. The summed E-state index contributed by atoms with van der Waals surface area (Å²) in [6.45, 7) is 5.37. The van der Waals surface area contributed by atoms with Crippen LogP contribution in [0.2, 0.25) is 0 Å². The van der Waals surface area contributed by atoms with E-state index < -0.39 is 5.97 Å². The van der Waals surface area contributed by atoms with Crippen LogP contribution in [0.1, 0.15) is 53.2 Å². The van der Waals surface area contributed by atoms with Crippen molar-refractivity contribution in [2.45, 2.75) is 45.6 Å². The maximum absolute atomic E-state index is 12.7. The summed E-state index contributed by atoms with van der Waals surface area (Å²) in [5, 5.41) is 0.499. The van der Waals surface area contributed by atoms with Crippen LogP contribution in [0.3, 0.4) is 0 Å². The van der Waals surface area contributed by atoms with Crippen LogP contribution in [0.25, 0.3) is 10.2 Å². The van der Waals surface area contributed by atoms with Gasteiger partial charge < -0.3 is 19.4 Å². The number of carbonyl (C=O) groups excluding carboxylic acids is 1. The molecule has 1 unspecified atom stereocenters. The van der Waals surface area contributed by atoms with E-state index in [4.69, 9.17) is 14.5 Å². The first kappa shape index (κ1) is 20.5. The number of aromatic nitrogens is 2. The van der Waals surface area contributed by atoms with Crippen LogP contribution in [-0.4, -0.2) is 49.4 Å². The maximum atomic E-state index is 12.7. The Morgan fingerprint density at radius 2 is 2.03 bits per heavy atom. The average Bonchev–Trinajstić information content (AvgIpc) is 3.05. The zero-order valence-corrected chi connectivity index (χ0v) is 18.0. The molecule has 8 heteroatoms. The minimum absolute atomic E-state index is 0.165. The van der Waals surface area contributed by atoms with Gasteiger partial charge in [-0.1, -0.05) is 12.8 Å². The number of ether oxygens (including phenoxy) is 2. The normalized spacial score (nSPS) is 24.4. The van der Waals surface area contributed by atoms with Gasteiger partial charge in [0.2, 0.25) is 0 Å². The molecule has 0 spiro atoms. The fraction of sp³-hybridized carbons (Fsp3) is 0.667. The van der Waals surface area contributed by atoms with Crippen molar-refractivity contribution in [2.24, 2.45) is 11.8 Å². The van der Waals surface area contributed by atoms with Gasteiger partial charge in [-0.15, -0.1) is 11.3 Å². The first-order chi connectivity index (χ1) is 14.1. The minimum atomic E-state index is -0.423. The Hall–Kier alpha value is -1.77. The summed E-state index contributed by atoms with van der Waals surface area (Å²) in [5.74, 6) is 2.01. The quantitative estimate of drug-likeness (QED) is 0.549. The second-order valence-electron chi connectivity index (χ2n) is 8.35. The number of quaternary nitrogens is 1. The molecule has 2 aliphatic rings. The third kappa shape index (κ3) is 4.39. The number of nitrogens with zero attached hydrogens (tertiary/aromatic N) is 1. The topological polar surface area (TPSA) is 85.7 Å². The van der Waals surface area contributed by atoms with Gasteiger partial charge in [0.1, 0.15) is 22.9 Å². The van der Waals surface area contributed by atoms with Gasteiger partial charge in [0.25, 0.3) is 5.56 Å². The van der Waals surface area contributed by atoms with Crippen molar-refractivity contribution >= 4 is 27.5 Å². The van der Waals surface area contributed by atoms with Gasteiger partial charge in [-0.25, -0.2) is 9.78 Å². The van der Waals surface area contributed by atoms with E-state index in [1.807, 2.05) is 0 Å². The van der Waals surface area contributed by atoms with E-state index in [9.17, 15) is 9.59 Å². The van der Waals surface area contributed by atoms with E-state index in [2.05, 4.69) is 4.98 Å². The molecule has 2 aromatic heterocycles. The van der Waals surface area contributed by atoms with Crippen molar-refractivity contribution in [2.75, 3.05) is 33.4 Å². The second kappa shape index (κ2) is 8.93. The molecule has 2 N–H and O–H groups in total. The number of H-pyrrole nitrogens is 1. The number of carbonyl (C=O) groups is 1. The number of methoxy groups -OCH3 is 1. The molecular formula is C21H30N3O4S+. The number of likely N-dealkylation sites (tertiary alicyclic amines) is 1. The molecule has 29 heavy (non-hydrogen) atoms. The zero-order valence-electron chi connectivity index (χ0n) is 17.2. The van der Waals surface area contributed by atoms with Crippen molar-refractivity contribution < 1.29 is 19.2 Å². The zero-order chi connectivity index (χ0) is 20.4. The van der Waals surface area contributed by atoms with Crippen molar-refractivity contribution in [1.29, 1.82) is 0 Å². The average molecular weight is 421 g/mol. The number of rotatable bonds is 6. The Balaban J connectivity index is 1.51. The lowest BCUT2D eigenvalue weighted by atomic mass is 9.75. The largest absolute Gasteiger partial charge is 0.459 e. The smallest absolute Gasteiger partial charge is 0.348 e. The Morgan fingerprint density at radius 1 is 1.24 bits per heavy atom. The van der Waals surface area contributed by atoms with Gasteiger partial charge >= 0.3 is 5.97 Å². The Labute approximate surface area is 174 Å². The minimum Gasteiger partial charge on any atom is -0.459 e. The Morgan fingerprint density at radius 3 is 2.83 bits per heavy atom. The number of piperidine rings is 1. The molecule has 2 aromatic rings. The van der Waals surface area contributed by atoms with Crippen molar-refractivity contribution in [1.82, 2.24) is 9.97 Å². The monoisotopic (exact) mass is 420 g/mol. The van der Waals surface area contributed by atoms with E-state index in [1.165, 1.54) is 54.9 Å². The lowest BCUT2D eigenvalue weighted by molar-refractivity contribution is -0.924. The number of aromatic amines is 1. The molecule has 0 aromatic carbocycles. The molecule has 1 saturated heterocycles. The third-order valence-corrected chi connectivity index (χ3v) is 7.62. The highest BCUT2D eigenvalue weighted by Crippen LogP contribution is 2.32. The van der Waals surface area contributed by atoms with E-state index >= 15 is 0 Å². The van der Waals surface area contributed by atoms with Crippen molar-refractivity contribution in [3.63, 3.8) is 0 Å². The fourth-order valence-electron chi connectivity index (χ4n) is 4.94. The van der Waals surface area contributed by atoms with Crippen LogP contribution in [0, 0.1) is 18.8 Å². The summed E-state index contributed by atoms with van der Waals surface area (Å²) < 4.78 is 10.1. The molecule has 2 fully saturated rings. The standard InChI is InChI=1S/C21H29N3O4S/c1-13-17-19(25)22-16(12-24-8-7-14-5-3-4-6-15(14)11-24)23-20(17)29-18(13)21(26)28-10-9-27-2/h14-15H,3-12H2,1-2H3,(H,22,23,25)/p+1/t14-,15+/m0/s1. The van der Waals surface area contributed by atoms with Crippen LogP contribution in [0.15, 0.2) is 4.79 Å². The lowest BCUT2D eigenvalue weighted by Crippen LogP contribution is -3.12. The molecule has 0 bridgehead atoms. The van der Waals surface area contributed by atoms with Crippen LogP contribution in [0.5, 0.6) is 0 Å². The predicted molar refractivity (Wildman–Crippen MR) is 112 cm³/mol. The van der Waals surface area contributed by atoms with E-state index in [0.29, 0.717) is 33.1 Å². The number of hydrogen-bond donors (Lipinski definition) is 2. The van der Waals surface area contributed by atoms with Crippen LogP contribution < -0.4 is 10.5 Å². The van der Waals surface area contributed by atoms with Gasteiger partial charge in [0, 0.05) is 13.0 Å². The maximum Gasteiger partial charge on any atom is 0.348 e. The van der Waals surface area contributed by atoms with Crippen molar-refractivity contribution in [3.8, 4) is 0 Å². The molecule has 3 heterocycles. The molecule has 1 aliphatic heterocycles. The molecule has 1 aliphatic carbocycles. The fourth-order valence-corrected chi connectivity index (χ4v) is 6.04. The van der Waals surface area contributed by atoms with Gasteiger partial charge in [0.15, 0.2) is 5.82 Å². The van der Waals surface area contributed by atoms with Crippen molar-refractivity contribution in [3.05, 3.63) is 26.6 Å². The third-order valence-electron chi connectivity index (χ3n) is 6.46. The van der Waals surface area contributed by atoms with E-state index in [0.717, 1.165) is 24.9 Å². The van der Waals surface area contributed by atoms with Gasteiger partial charge in [-0.2, -0.15) is 0 Å². The Bertz CT molecular complexity index is 938. The highest BCUT2D eigenvalue weighted by Gasteiger charge is 2.34. The lowest BCUT2D eigenvalue weighted by Gasteiger charge is -2.38. The SMILES string of the molecule is COCCOC(=O)c1sc2nc(C[NH+]3CC[C@@H]4CCCC[C@@H]4C3)[nH]c(=O)c2c1C. The van der Waals surface area contributed by atoms with Crippen LogP contribution in [-0.2, 0) is 16.0 Å². The molecular weight excluding hydrogens is 390 g/mol. The summed E-state index contributed by atoms with van der Waals surface area (Å²) in [7, 11) is 1.56. The molecule has 158 valence electrons. The summed E-state index contributed by atoms with van der Waals surface area (Å²) in [5.41, 5.74) is 0.477. The molecule has 0 radical (unpaired) electrons. The number of aryl methyl sites for hydroxylation is 1. The van der Waals surface area contributed by atoms with Crippen LogP contribution >= 0.6 is 11.3 Å². The molecule has 7 nitrogen and oxygen atoms in total. The first-order valence-corrected chi connectivity index (χ1v) is 11.4. The van der Waals surface area contributed by atoms with Gasteiger partial charge in [0.05, 0.1) is 25.1 Å². The van der Waals surface area contributed by atoms with Gasteiger partial charge in [-0.3, -0.25) is 4.79 Å². The number of fused-ring (bicyclic) bond motifs is 2. The first-order valence-electron chi connectivity index (χ1n) is 10.6. The number of esters is 1. The summed E-state index contributed by atoms with van der Waals surface area (Å²) >= 11 is 1.24. The number of thiophene rings is 1. The molecule has 4 rings (SSSR count). The second-order valence-corrected chi connectivity index (χ2v) is 9.35. The van der Waals surface area contributed by atoms with Gasteiger partial charge in [-0.05, 0) is 37.7 Å². The molecule has 1 saturated carbocycles. The summed E-state index contributed by atoms with van der Waals surface area (Å²) in [6.07, 6.45) is 6.75. The van der Waals surface area contributed by atoms with E-state index in [1.54, 1.807) is 14.0 Å². The summed E-state index contributed by atoms with van der Waals surface area (Å²) in [6, 6.07) is 0. The molecule has 0 amide bonds. The summed E-state index contributed by atoms with van der Waals surface area (Å²) in [4.78, 5) is 35.3. The van der Waals surface area contributed by atoms with Crippen LogP contribution in [0.4, 0.5) is 0 Å². The number of hydrogen-bond acceptors (Lipinski definition) is 6. The highest BCUT2D eigenvalue weighted by atomic mass is 32.1. The van der Waals surface area contributed by atoms with E-state index in [-0.39, 0.29) is 12.2 Å².